The summed E-state index contributed by atoms with van der Waals surface area (Å²) in [4.78, 5) is 0. The maximum atomic E-state index is 5.03. The molecule has 1 nitrogen and oxygen atoms in total. The van der Waals surface area contributed by atoms with Crippen LogP contribution in [0, 0.1) is 0 Å². The molecule has 0 N–H and O–H groups in total. The molecule has 0 aliphatic rings. The zero-order valence-corrected chi connectivity index (χ0v) is 8.55. The first-order valence-corrected chi connectivity index (χ1v) is 5.90. The SMILES string of the molecule is C=C.C[SiH](C)O[SiH3]. The second-order valence-electron chi connectivity index (χ2n) is 1.28. The van der Waals surface area contributed by atoms with Crippen LogP contribution in [0.5, 0.6) is 0 Å². The Labute approximate surface area is 50.7 Å². The first kappa shape index (κ1) is 10.2. The van der Waals surface area contributed by atoms with E-state index in [0.717, 1.165) is 10.5 Å². The lowest BCUT2D eigenvalue weighted by Gasteiger charge is -1.93. The molecule has 0 aliphatic heterocycles. The van der Waals surface area contributed by atoms with Gasteiger partial charge in [0.1, 0.15) is 10.5 Å². The molecular formula is C4H14OSi2. The van der Waals surface area contributed by atoms with Crippen molar-refractivity contribution in [2.75, 3.05) is 0 Å². The molecule has 0 amide bonds. The van der Waals surface area contributed by atoms with Crippen LogP contribution in [0.4, 0.5) is 0 Å². The van der Waals surface area contributed by atoms with E-state index in [9.17, 15) is 0 Å². The van der Waals surface area contributed by atoms with Crippen molar-refractivity contribution in [3.05, 3.63) is 13.2 Å². The molecule has 0 heterocycles. The van der Waals surface area contributed by atoms with Gasteiger partial charge in [-0.3, -0.25) is 0 Å². The van der Waals surface area contributed by atoms with Crippen LogP contribution in [-0.2, 0) is 4.12 Å². The van der Waals surface area contributed by atoms with Crippen LogP contribution in [0.1, 0.15) is 0 Å². The molecule has 0 fully saturated rings. The molecule has 0 aromatic rings. The highest BCUT2D eigenvalue weighted by atomic mass is 28.3. The first-order valence-electron chi connectivity index (χ1n) is 2.30. The summed E-state index contributed by atoms with van der Waals surface area (Å²) in [6.45, 7) is 10.3. The number of hydrogen-bond donors (Lipinski definition) is 0. The maximum Gasteiger partial charge on any atom is 0.156 e. The van der Waals surface area contributed by atoms with Gasteiger partial charge in [-0.1, -0.05) is 0 Å². The lowest BCUT2D eigenvalue weighted by molar-refractivity contribution is 0.647. The molecule has 0 radical (unpaired) electrons. The second-order valence-corrected chi connectivity index (χ2v) is 5.27. The van der Waals surface area contributed by atoms with E-state index < -0.39 is 9.04 Å². The second kappa shape index (κ2) is 9.46. The summed E-state index contributed by atoms with van der Waals surface area (Å²) in [6.07, 6.45) is 0. The Morgan fingerprint density at radius 3 is 1.57 bits per heavy atom. The Bertz CT molecular complexity index is 30.9. The van der Waals surface area contributed by atoms with E-state index in [1.807, 2.05) is 0 Å². The zero-order chi connectivity index (χ0) is 6.28. The molecule has 0 aliphatic carbocycles. The van der Waals surface area contributed by atoms with Crippen LogP contribution in [0.25, 0.3) is 0 Å². The molecule has 0 saturated carbocycles. The molecule has 0 aromatic carbocycles. The van der Waals surface area contributed by atoms with E-state index in [-0.39, 0.29) is 0 Å². The highest BCUT2D eigenvalue weighted by Gasteiger charge is 1.82. The third-order valence-electron chi connectivity index (χ3n) is 0.471. The van der Waals surface area contributed by atoms with E-state index in [2.05, 4.69) is 26.3 Å². The number of hydrogen-bond acceptors (Lipinski definition) is 1. The lowest BCUT2D eigenvalue weighted by atomic mass is 11.3. The predicted octanol–water partition coefficient (Wildman–Crippen LogP) is 0.0690. The molecule has 0 bridgehead atoms. The van der Waals surface area contributed by atoms with Gasteiger partial charge in [0.2, 0.25) is 0 Å². The van der Waals surface area contributed by atoms with E-state index in [1.54, 1.807) is 0 Å². The van der Waals surface area contributed by atoms with Gasteiger partial charge >= 0.3 is 0 Å². The molecule has 0 saturated heterocycles. The van der Waals surface area contributed by atoms with Crippen molar-refractivity contribution in [1.29, 1.82) is 0 Å². The van der Waals surface area contributed by atoms with Crippen molar-refractivity contribution in [1.82, 2.24) is 0 Å². The summed E-state index contributed by atoms with van der Waals surface area (Å²) in [5.41, 5.74) is 0. The summed E-state index contributed by atoms with van der Waals surface area (Å²) in [7, 11) is 0.347. The molecule has 0 atom stereocenters. The molecule has 0 rings (SSSR count). The van der Waals surface area contributed by atoms with Crippen LogP contribution in [0.2, 0.25) is 13.1 Å². The van der Waals surface area contributed by atoms with Gasteiger partial charge in [0.25, 0.3) is 0 Å². The monoisotopic (exact) mass is 134 g/mol. The quantitative estimate of drug-likeness (QED) is 0.364. The van der Waals surface area contributed by atoms with Gasteiger partial charge in [-0.05, 0) is 13.1 Å². The molecule has 0 spiro atoms. The van der Waals surface area contributed by atoms with Gasteiger partial charge < -0.3 is 4.12 Å². The van der Waals surface area contributed by atoms with Gasteiger partial charge in [-0.15, -0.1) is 13.2 Å². The van der Waals surface area contributed by atoms with Crippen molar-refractivity contribution >= 4 is 19.5 Å². The minimum Gasteiger partial charge on any atom is -0.466 e. The summed E-state index contributed by atoms with van der Waals surface area (Å²) in [6, 6.07) is 0. The molecule has 0 aromatic heterocycles. The van der Waals surface area contributed by atoms with Crippen molar-refractivity contribution in [3.63, 3.8) is 0 Å². The highest BCUT2D eigenvalue weighted by Crippen LogP contribution is 1.72. The molecular weight excluding hydrogens is 120 g/mol. The van der Waals surface area contributed by atoms with Gasteiger partial charge in [-0.2, -0.15) is 0 Å². The van der Waals surface area contributed by atoms with Crippen LogP contribution >= 0.6 is 0 Å². The fraction of sp³-hybridized carbons (Fsp3) is 0.500. The lowest BCUT2D eigenvalue weighted by Crippen LogP contribution is -2.02. The molecule has 7 heavy (non-hydrogen) atoms. The Balaban J connectivity index is 0. The van der Waals surface area contributed by atoms with Crippen molar-refractivity contribution in [2.24, 2.45) is 0 Å². The minimum atomic E-state index is -0.588. The van der Waals surface area contributed by atoms with E-state index in [1.165, 1.54) is 0 Å². The highest BCUT2D eigenvalue weighted by molar-refractivity contribution is 6.52. The minimum absolute atomic E-state index is 0.588. The van der Waals surface area contributed by atoms with Crippen LogP contribution in [0.3, 0.4) is 0 Å². The summed E-state index contributed by atoms with van der Waals surface area (Å²) < 4.78 is 5.03. The number of rotatable bonds is 1. The Kier molecular flexibility index (Phi) is 13.8. The van der Waals surface area contributed by atoms with E-state index in [4.69, 9.17) is 4.12 Å². The van der Waals surface area contributed by atoms with Crippen LogP contribution < -0.4 is 0 Å². The predicted molar refractivity (Wildman–Crippen MR) is 41.2 cm³/mol. The zero-order valence-electron chi connectivity index (χ0n) is 5.40. The average Bonchev–Trinajstić information content (AvgIpc) is 1.73. The third kappa shape index (κ3) is 23.0. The fourth-order valence-corrected chi connectivity index (χ4v) is 0. The maximum absolute atomic E-state index is 5.03. The van der Waals surface area contributed by atoms with Crippen LogP contribution in [0.15, 0.2) is 13.2 Å². The Morgan fingerprint density at radius 1 is 1.43 bits per heavy atom. The smallest absolute Gasteiger partial charge is 0.156 e. The average molecular weight is 134 g/mol. The van der Waals surface area contributed by atoms with E-state index in [0.29, 0.717) is 0 Å². The standard InChI is InChI=1S/C2H10OSi2.C2H4/c1-5(2)3-4;1-2/h5H,1-2,4H3;1-2H2. The third-order valence-corrected chi connectivity index (χ3v) is 4.24. The van der Waals surface area contributed by atoms with Gasteiger partial charge in [0.05, 0.1) is 0 Å². The Morgan fingerprint density at radius 2 is 1.57 bits per heavy atom. The van der Waals surface area contributed by atoms with Crippen molar-refractivity contribution < 1.29 is 4.12 Å². The van der Waals surface area contributed by atoms with Crippen LogP contribution in [-0.4, -0.2) is 19.5 Å². The summed E-state index contributed by atoms with van der Waals surface area (Å²) in [5.74, 6) is 0. The van der Waals surface area contributed by atoms with E-state index >= 15 is 0 Å². The molecule has 0 unspecified atom stereocenters. The normalized spacial score (nSPS) is 7.86. The van der Waals surface area contributed by atoms with Gasteiger partial charge in [0, 0.05) is 0 Å². The molecule has 44 valence electrons. The van der Waals surface area contributed by atoms with Crippen molar-refractivity contribution in [2.45, 2.75) is 13.1 Å². The van der Waals surface area contributed by atoms with Gasteiger partial charge in [-0.25, -0.2) is 0 Å². The summed E-state index contributed by atoms with van der Waals surface area (Å²) in [5, 5.41) is 0. The largest absolute Gasteiger partial charge is 0.466 e. The van der Waals surface area contributed by atoms with Crippen molar-refractivity contribution in [3.8, 4) is 0 Å². The molecule has 3 heteroatoms. The fourth-order valence-electron chi connectivity index (χ4n) is 0. The van der Waals surface area contributed by atoms with Gasteiger partial charge in [0.15, 0.2) is 9.04 Å². The topological polar surface area (TPSA) is 9.23 Å². The summed E-state index contributed by atoms with van der Waals surface area (Å²) >= 11 is 0. The first-order chi connectivity index (χ1) is 3.27. The Hall–Kier alpha value is 0.134.